The molecule has 16 heteroatoms. The highest BCUT2D eigenvalue weighted by Crippen LogP contribution is 2.43. The van der Waals surface area contributed by atoms with Crippen LogP contribution >= 0.6 is 0 Å². The van der Waals surface area contributed by atoms with Gasteiger partial charge in [0.15, 0.2) is 25.0 Å². The third kappa shape index (κ3) is 16.9. The lowest BCUT2D eigenvalue weighted by molar-refractivity contribution is -0.384. The third-order valence-electron chi connectivity index (χ3n) is 16.4. The van der Waals surface area contributed by atoms with Crippen molar-refractivity contribution in [2.24, 2.45) is 17.3 Å². The predicted molar refractivity (Wildman–Crippen MR) is 291 cm³/mol. The fourth-order valence-corrected chi connectivity index (χ4v) is 19.6. The molecule has 2 heterocycles. The van der Waals surface area contributed by atoms with E-state index in [-0.39, 0.29) is 54.9 Å². The summed E-state index contributed by atoms with van der Waals surface area (Å²) in [4.78, 5) is 52.3. The van der Waals surface area contributed by atoms with Crippen molar-refractivity contribution < 1.29 is 51.5 Å². The van der Waals surface area contributed by atoms with E-state index in [9.17, 15) is 24.5 Å². The van der Waals surface area contributed by atoms with E-state index < -0.39 is 83.0 Å². The average Bonchev–Trinajstić information content (AvgIpc) is 4.12. The fourth-order valence-electron chi connectivity index (χ4n) is 10.5. The Balaban J connectivity index is 2.09. The maximum absolute atomic E-state index is 14.4. The molecule has 0 amide bonds. The van der Waals surface area contributed by atoms with Crippen LogP contribution in [0.3, 0.4) is 0 Å². The van der Waals surface area contributed by atoms with Crippen LogP contribution in [0.4, 0.5) is 5.69 Å². The predicted octanol–water partition coefficient (Wildman–Crippen LogP) is 14.0. The van der Waals surface area contributed by atoms with Gasteiger partial charge in [-0.05, 0) is 118 Å². The van der Waals surface area contributed by atoms with Gasteiger partial charge in [0.05, 0.1) is 35.3 Å². The highest BCUT2D eigenvalue weighted by molar-refractivity contribution is 6.74. The number of benzene rings is 1. The van der Waals surface area contributed by atoms with E-state index in [1.54, 1.807) is 13.0 Å². The minimum atomic E-state index is -2.29. The molecule has 1 aromatic carbocycles. The minimum Gasteiger partial charge on any atom is -0.457 e. The number of nitro benzene ring substituents is 1. The summed E-state index contributed by atoms with van der Waals surface area (Å²) < 4.78 is 46.2. The van der Waals surface area contributed by atoms with E-state index in [1.807, 2.05) is 32.1 Å². The Morgan fingerprint density at radius 1 is 0.887 bits per heavy atom. The summed E-state index contributed by atoms with van der Waals surface area (Å²) >= 11 is 0. The molecule has 0 N–H and O–H groups in total. The molecule has 0 saturated carbocycles. The van der Waals surface area contributed by atoms with Crippen LogP contribution in [0.5, 0.6) is 5.75 Å². The van der Waals surface area contributed by atoms with Gasteiger partial charge in [0.25, 0.3) is 5.69 Å². The molecule has 0 aliphatic carbocycles. The van der Waals surface area contributed by atoms with Crippen LogP contribution in [-0.4, -0.2) is 90.0 Å². The first-order chi connectivity index (χ1) is 33.5. The first kappa shape index (κ1) is 62.0. The molecule has 10 atom stereocenters. The Hall–Kier alpha value is -3.26. The van der Waals surface area contributed by atoms with E-state index in [0.29, 0.717) is 6.42 Å². The largest absolute Gasteiger partial charge is 0.457 e. The zero-order chi connectivity index (χ0) is 53.4. The van der Waals surface area contributed by atoms with Crippen LogP contribution in [0.1, 0.15) is 143 Å². The van der Waals surface area contributed by atoms with Crippen LogP contribution < -0.4 is 4.74 Å². The second-order valence-corrected chi connectivity index (χ2v) is 35.0. The highest BCUT2D eigenvalue weighted by Gasteiger charge is 2.51. The number of allylic oxidation sites excluding steroid dienone is 2. The van der Waals surface area contributed by atoms with Crippen molar-refractivity contribution in [2.45, 2.75) is 240 Å². The molecule has 13 nitrogen and oxygen atoms in total. The monoisotopic (exact) mass is 1040 g/mol. The Kier molecular flexibility index (Phi) is 24.3. The second-order valence-electron chi connectivity index (χ2n) is 20.9. The van der Waals surface area contributed by atoms with Crippen molar-refractivity contribution in [1.82, 2.24) is 0 Å². The number of epoxide rings is 1. The first-order valence-electron chi connectivity index (χ1n) is 27.1. The molecule has 2 aliphatic rings. The second kappa shape index (κ2) is 27.9. The van der Waals surface area contributed by atoms with Gasteiger partial charge in [0, 0.05) is 43.4 Å². The van der Waals surface area contributed by atoms with E-state index >= 15 is 0 Å². The summed E-state index contributed by atoms with van der Waals surface area (Å²) in [5, 5.41) is 11.4. The van der Waals surface area contributed by atoms with E-state index in [4.69, 9.17) is 32.2 Å². The quantitative estimate of drug-likeness (QED) is 0.0120. The summed E-state index contributed by atoms with van der Waals surface area (Å²) in [5.41, 5.74) is -1.43. The summed E-state index contributed by atoms with van der Waals surface area (Å²) in [7, 11) is -6.21. The zero-order valence-corrected chi connectivity index (χ0v) is 49.6. The highest BCUT2D eigenvalue weighted by atomic mass is 28.4. The average molecular weight is 1040 g/mol. The van der Waals surface area contributed by atoms with Gasteiger partial charge in [-0.2, -0.15) is 0 Å². The molecular formula is C55H93NO12Si3. The van der Waals surface area contributed by atoms with Crippen LogP contribution in [-0.2, 0) is 41.9 Å². The van der Waals surface area contributed by atoms with Crippen molar-refractivity contribution in [3.63, 3.8) is 0 Å². The number of cyclic esters (lactones) is 1. The first-order valence-corrected chi connectivity index (χ1v) is 34.7. The maximum atomic E-state index is 14.4. The van der Waals surface area contributed by atoms with Crippen LogP contribution in [0.2, 0.25) is 54.4 Å². The number of esters is 3. The van der Waals surface area contributed by atoms with Gasteiger partial charge < -0.3 is 32.2 Å². The summed E-state index contributed by atoms with van der Waals surface area (Å²) in [6.07, 6.45) is 9.59. The number of ether oxygens (including phenoxy) is 4. The Morgan fingerprint density at radius 3 is 1.96 bits per heavy atom. The Labute approximate surface area is 431 Å². The Morgan fingerprint density at radius 2 is 1.45 bits per heavy atom. The molecule has 1 fully saturated rings. The summed E-state index contributed by atoms with van der Waals surface area (Å²) in [6.45, 7) is 33.5. The van der Waals surface area contributed by atoms with Gasteiger partial charge in [0.2, 0.25) is 0 Å². The molecule has 0 bridgehead atoms. The van der Waals surface area contributed by atoms with Crippen molar-refractivity contribution >= 4 is 48.5 Å². The smallest absolute Gasteiger partial charge is 0.321 e. The molecule has 10 unspecified atom stereocenters. The van der Waals surface area contributed by atoms with Gasteiger partial charge in [-0.1, -0.05) is 107 Å². The van der Waals surface area contributed by atoms with E-state index in [0.717, 1.165) is 66.4 Å². The number of carbonyl (C=O) groups is 3. The van der Waals surface area contributed by atoms with Crippen molar-refractivity contribution in [3.8, 4) is 5.75 Å². The van der Waals surface area contributed by atoms with Gasteiger partial charge in [-0.15, -0.1) is 0 Å². The number of nitrogens with zero attached hydrogens (tertiary/aromatic N) is 1. The number of rotatable bonds is 27. The topological polar surface area (TPSA) is 162 Å². The van der Waals surface area contributed by atoms with Gasteiger partial charge in [-0.25, -0.2) is 0 Å². The van der Waals surface area contributed by atoms with E-state index in [2.05, 4.69) is 89.2 Å². The third-order valence-corrected chi connectivity index (χ3v) is 30.5. The van der Waals surface area contributed by atoms with E-state index in [1.165, 1.54) is 31.2 Å². The summed E-state index contributed by atoms with van der Waals surface area (Å²) in [5.74, 6) is -1.76. The lowest BCUT2D eigenvalue weighted by atomic mass is 9.77. The molecule has 71 heavy (non-hydrogen) atoms. The zero-order valence-electron chi connectivity index (χ0n) is 46.6. The standard InChI is InChI=1S/C55H93NO12Si3/c1-17-47(67-70(21-5,22-6)23-7)42(13)52-48(64-52)39-54(15,68-71(24-8,25-9)26-10)36-27-28-40(11)51-41(12)29-34-49(62-43(14)57)55(16,53(59)63-45-32-30-44(31-33-45)56(60)61)37-35-46(38-50(58)65-51)66-69(18-2,19-3)20-4/h27-34,36,41-42,46-49,51-52H,17-26,35,37-39H2,1-16H3. The molecule has 0 radical (unpaired) electrons. The van der Waals surface area contributed by atoms with Gasteiger partial charge >= 0.3 is 17.9 Å². The lowest BCUT2D eigenvalue weighted by Gasteiger charge is -2.39. The van der Waals surface area contributed by atoms with Crippen molar-refractivity contribution in [1.29, 1.82) is 0 Å². The number of hydrogen-bond donors (Lipinski definition) is 0. The van der Waals surface area contributed by atoms with Crippen LogP contribution in [0.15, 0.2) is 60.2 Å². The molecule has 0 aromatic heterocycles. The minimum absolute atomic E-state index is 0.0327. The number of non-ortho nitro benzene ring substituents is 1. The van der Waals surface area contributed by atoms with Gasteiger partial charge in [-0.3, -0.25) is 24.5 Å². The van der Waals surface area contributed by atoms with Gasteiger partial charge in [0.1, 0.15) is 23.4 Å². The van der Waals surface area contributed by atoms with Crippen LogP contribution in [0.25, 0.3) is 0 Å². The van der Waals surface area contributed by atoms with Crippen molar-refractivity contribution in [3.05, 3.63) is 70.3 Å². The normalized spacial score (nSPS) is 25.6. The number of carbonyl (C=O) groups excluding carboxylic acids is 3. The maximum Gasteiger partial charge on any atom is 0.321 e. The molecule has 1 saturated heterocycles. The molecule has 2 aliphatic heterocycles. The molecular weight excluding hydrogens is 951 g/mol. The number of nitro groups is 1. The molecule has 402 valence electrons. The Bertz CT molecular complexity index is 1940. The lowest BCUT2D eigenvalue weighted by Crippen LogP contribution is -2.46. The SMILES string of the molecule is CCC(O[Si](CC)(CC)CC)C(C)C1OC1CC(C)(C=CC=C(C)C1OC(=O)CC(O[Si](CC)(CC)CC)CCC(C)(C(=O)Oc2ccc([N+](=O)[O-])cc2)C(OC(C)=O)C=CC1C)O[Si](CC)(CC)CC. The number of hydrogen-bond acceptors (Lipinski definition) is 12. The molecule has 0 spiro atoms. The summed E-state index contributed by atoms with van der Waals surface area (Å²) in [6, 6.07) is 14.1. The fraction of sp³-hybridized carbons (Fsp3) is 0.727. The van der Waals surface area contributed by atoms with Crippen molar-refractivity contribution in [2.75, 3.05) is 0 Å². The molecule has 3 rings (SSSR count). The molecule has 1 aromatic rings. The van der Waals surface area contributed by atoms with Crippen LogP contribution in [0, 0.1) is 27.4 Å².